The van der Waals surface area contributed by atoms with Gasteiger partial charge in [-0.25, -0.2) is 8.42 Å². The summed E-state index contributed by atoms with van der Waals surface area (Å²) in [5, 5.41) is 2.89. The second-order valence-corrected chi connectivity index (χ2v) is 12.4. The van der Waals surface area contributed by atoms with Crippen molar-refractivity contribution >= 4 is 27.5 Å². The fourth-order valence-corrected chi connectivity index (χ4v) is 5.78. The Bertz CT molecular complexity index is 1440. The summed E-state index contributed by atoms with van der Waals surface area (Å²) in [4.78, 5) is 28.7. The van der Waals surface area contributed by atoms with E-state index in [9.17, 15) is 18.0 Å². The Morgan fingerprint density at radius 3 is 2.17 bits per heavy atom. The molecule has 1 N–H and O–H groups in total. The van der Waals surface area contributed by atoms with Gasteiger partial charge < -0.3 is 19.7 Å². The molecule has 2 amide bonds. The molecule has 0 bridgehead atoms. The number of aryl methyl sites for hydroxylation is 1. The van der Waals surface area contributed by atoms with E-state index in [0.717, 1.165) is 15.4 Å². The fourth-order valence-electron chi connectivity index (χ4n) is 4.36. The number of carbonyl (C=O) groups is 2. The van der Waals surface area contributed by atoms with E-state index in [-0.39, 0.29) is 34.7 Å². The number of ether oxygens (including phenoxy) is 2. The molecule has 10 heteroatoms. The number of hydrogen-bond donors (Lipinski definition) is 1. The van der Waals surface area contributed by atoms with Gasteiger partial charge in [0.1, 0.15) is 24.1 Å². The van der Waals surface area contributed by atoms with Crippen molar-refractivity contribution in [2.45, 2.75) is 45.1 Å². The van der Waals surface area contributed by atoms with Crippen LogP contribution in [-0.2, 0) is 26.0 Å². The van der Waals surface area contributed by atoms with Gasteiger partial charge in [-0.3, -0.25) is 13.9 Å². The maximum absolute atomic E-state index is 14.1. The van der Waals surface area contributed by atoms with Crippen molar-refractivity contribution in [1.29, 1.82) is 0 Å². The quantitative estimate of drug-likeness (QED) is 0.296. The van der Waals surface area contributed by atoms with Gasteiger partial charge in [0.25, 0.3) is 10.0 Å². The lowest BCUT2D eigenvalue weighted by atomic mass is 10.1. The molecule has 0 aromatic heterocycles. The number of rotatable bonds is 14. The van der Waals surface area contributed by atoms with E-state index in [1.807, 2.05) is 51.1 Å². The zero-order valence-corrected chi connectivity index (χ0v) is 26.0. The van der Waals surface area contributed by atoms with Crippen LogP contribution in [0.5, 0.6) is 11.5 Å². The van der Waals surface area contributed by atoms with Crippen LogP contribution in [0.2, 0.25) is 0 Å². The number of sulfonamides is 1. The van der Waals surface area contributed by atoms with Gasteiger partial charge in [-0.15, -0.1) is 0 Å². The van der Waals surface area contributed by atoms with E-state index in [1.54, 1.807) is 31.2 Å². The molecule has 0 aliphatic rings. The fraction of sp³-hybridized carbons (Fsp3) is 0.375. The highest BCUT2D eigenvalue weighted by molar-refractivity contribution is 7.92. The van der Waals surface area contributed by atoms with Crippen LogP contribution < -0.4 is 19.1 Å². The van der Waals surface area contributed by atoms with E-state index in [0.29, 0.717) is 18.7 Å². The number of carbonyl (C=O) groups excluding carboxylic acids is 2. The monoisotopic (exact) mass is 595 g/mol. The number of methoxy groups -OCH3 is 2. The number of nitrogens with one attached hydrogen (secondary N) is 1. The minimum absolute atomic E-state index is 0.0179. The predicted molar refractivity (Wildman–Crippen MR) is 164 cm³/mol. The van der Waals surface area contributed by atoms with Crippen molar-refractivity contribution in [3.8, 4) is 11.5 Å². The summed E-state index contributed by atoms with van der Waals surface area (Å²) >= 11 is 0. The lowest BCUT2D eigenvalue weighted by Gasteiger charge is -2.32. The first-order valence-corrected chi connectivity index (χ1v) is 15.3. The Morgan fingerprint density at radius 1 is 0.905 bits per heavy atom. The maximum Gasteiger partial charge on any atom is 0.264 e. The van der Waals surface area contributed by atoms with E-state index < -0.39 is 28.5 Å². The van der Waals surface area contributed by atoms with Gasteiger partial charge in [0.05, 0.1) is 24.8 Å². The van der Waals surface area contributed by atoms with Crippen molar-refractivity contribution in [1.82, 2.24) is 10.2 Å². The Balaban J connectivity index is 2.05. The molecule has 3 rings (SSSR count). The van der Waals surface area contributed by atoms with Crippen molar-refractivity contribution in [2.24, 2.45) is 5.92 Å². The molecule has 9 nitrogen and oxygen atoms in total. The number of nitrogens with zero attached hydrogens (tertiary/aromatic N) is 2. The minimum Gasteiger partial charge on any atom is -0.497 e. The second kappa shape index (κ2) is 14.7. The van der Waals surface area contributed by atoms with Gasteiger partial charge in [-0.05, 0) is 56.0 Å². The predicted octanol–water partition coefficient (Wildman–Crippen LogP) is 4.44. The third kappa shape index (κ3) is 8.25. The summed E-state index contributed by atoms with van der Waals surface area (Å²) in [6.45, 7) is 7.60. The van der Waals surface area contributed by atoms with Gasteiger partial charge >= 0.3 is 0 Å². The standard InChI is InChI=1S/C32H41N3O6S/c1-23(2)21-33-32(37)25(4)34(19-18-26-10-8-7-9-11-26)31(36)22-35(29-20-27(40-5)14-17-30(29)41-6)42(38,39)28-15-12-24(3)13-16-28/h7-17,20,23,25H,18-19,21-22H2,1-6H3,(H,33,37). The molecule has 1 atom stereocenters. The van der Waals surface area contributed by atoms with Gasteiger partial charge in [-0.1, -0.05) is 61.9 Å². The molecule has 0 saturated heterocycles. The lowest BCUT2D eigenvalue weighted by molar-refractivity contribution is -0.138. The topological polar surface area (TPSA) is 105 Å². The summed E-state index contributed by atoms with van der Waals surface area (Å²) in [6, 6.07) is 19.9. The van der Waals surface area contributed by atoms with E-state index in [2.05, 4.69) is 5.32 Å². The summed E-state index contributed by atoms with van der Waals surface area (Å²) in [7, 11) is -1.34. The first kappa shape index (κ1) is 32.5. The molecule has 226 valence electrons. The molecule has 0 heterocycles. The van der Waals surface area contributed by atoms with Gasteiger partial charge in [0.15, 0.2) is 0 Å². The lowest BCUT2D eigenvalue weighted by Crippen LogP contribution is -2.52. The molecule has 1 unspecified atom stereocenters. The van der Waals surface area contributed by atoms with Gasteiger partial charge in [0, 0.05) is 19.2 Å². The van der Waals surface area contributed by atoms with Crippen molar-refractivity contribution in [3.05, 3.63) is 83.9 Å². The Labute approximate surface area is 249 Å². The summed E-state index contributed by atoms with van der Waals surface area (Å²) in [5.41, 5.74) is 2.03. The van der Waals surface area contributed by atoms with Crippen LogP contribution in [0, 0.1) is 12.8 Å². The Kier molecular flexibility index (Phi) is 11.4. The van der Waals surface area contributed by atoms with Crippen molar-refractivity contribution in [3.63, 3.8) is 0 Å². The average Bonchev–Trinajstić information content (AvgIpc) is 2.98. The van der Waals surface area contributed by atoms with Crippen LogP contribution in [0.4, 0.5) is 5.69 Å². The molecule has 0 aliphatic carbocycles. The second-order valence-electron chi connectivity index (χ2n) is 10.5. The summed E-state index contributed by atoms with van der Waals surface area (Å²) in [5.74, 6) is 0.0311. The van der Waals surface area contributed by atoms with E-state index >= 15 is 0 Å². The van der Waals surface area contributed by atoms with Gasteiger partial charge in [-0.2, -0.15) is 0 Å². The molecule has 0 saturated carbocycles. The number of hydrogen-bond acceptors (Lipinski definition) is 6. The largest absolute Gasteiger partial charge is 0.497 e. The summed E-state index contributed by atoms with van der Waals surface area (Å²) in [6.07, 6.45) is 0.488. The van der Waals surface area contributed by atoms with Gasteiger partial charge in [0.2, 0.25) is 11.8 Å². The molecule has 42 heavy (non-hydrogen) atoms. The van der Waals surface area contributed by atoms with E-state index in [4.69, 9.17) is 9.47 Å². The van der Waals surface area contributed by atoms with Crippen LogP contribution in [0.1, 0.15) is 31.9 Å². The highest BCUT2D eigenvalue weighted by Crippen LogP contribution is 2.36. The number of benzene rings is 3. The molecular formula is C32H41N3O6S. The summed E-state index contributed by atoms with van der Waals surface area (Å²) < 4.78 is 40.1. The van der Waals surface area contributed by atoms with Crippen LogP contribution >= 0.6 is 0 Å². The smallest absolute Gasteiger partial charge is 0.264 e. The normalized spacial score (nSPS) is 12.0. The van der Waals surface area contributed by atoms with Crippen molar-refractivity contribution < 1.29 is 27.5 Å². The molecule has 3 aromatic rings. The average molecular weight is 596 g/mol. The maximum atomic E-state index is 14.1. The van der Waals surface area contributed by atoms with Crippen LogP contribution in [0.15, 0.2) is 77.7 Å². The number of amides is 2. The first-order chi connectivity index (χ1) is 20.0. The first-order valence-electron chi connectivity index (χ1n) is 13.9. The third-order valence-corrected chi connectivity index (χ3v) is 8.65. The van der Waals surface area contributed by atoms with Crippen LogP contribution in [0.3, 0.4) is 0 Å². The molecule has 0 fully saturated rings. The zero-order chi connectivity index (χ0) is 30.9. The number of anilines is 1. The molecule has 0 spiro atoms. The Hall–Kier alpha value is -4.05. The highest BCUT2D eigenvalue weighted by Gasteiger charge is 2.34. The van der Waals surface area contributed by atoms with Crippen molar-refractivity contribution in [2.75, 3.05) is 38.2 Å². The molecule has 0 radical (unpaired) electrons. The highest BCUT2D eigenvalue weighted by atomic mass is 32.2. The molecule has 3 aromatic carbocycles. The Morgan fingerprint density at radius 2 is 1.57 bits per heavy atom. The SMILES string of the molecule is COc1ccc(OC)c(N(CC(=O)N(CCc2ccccc2)C(C)C(=O)NCC(C)C)S(=O)(=O)c2ccc(C)cc2)c1. The molecular weight excluding hydrogens is 554 g/mol. The third-order valence-electron chi connectivity index (χ3n) is 6.88. The molecule has 0 aliphatic heterocycles. The van der Waals surface area contributed by atoms with Crippen LogP contribution in [0.25, 0.3) is 0 Å². The van der Waals surface area contributed by atoms with E-state index in [1.165, 1.54) is 37.3 Å². The van der Waals surface area contributed by atoms with Crippen LogP contribution in [-0.4, -0.2) is 65.0 Å². The zero-order valence-electron chi connectivity index (χ0n) is 25.2. The minimum atomic E-state index is -4.24.